The lowest BCUT2D eigenvalue weighted by Crippen LogP contribution is -2.49. The van der Waals surface area contributed by atoms with Crippen LogP contribution in [0.2, 0.25) is 0 Å². The van der Waals surface area contributed by atoms with Crippen LogP contribution in [-0.2, 0) is 16.1 Å². The maximum atomic E-state index is 12.2. The Kier molecular flexibility index (Phi) is 3.41. The average molecular weight is 253 g/mol. The summed E-state index contributed by atoms with van der Waals surface area (Å²) in [7, 11) is 0. The van der Waals surface area contributed by atoms with Gasteiger partial charge in [0.05, 0.1) is 24.3 Å². The SMILES string of the molecule is Cc1noc(C)c1CNC(=O)C1(C)COCC1N. The van der Waals surface area contributed by atoms with Crippen molar-refractivity contribution in [3.05, 3.63) is 17.0 Å². The molecule has 1 saturated heterocycles. The first-order valence-electron chi connectivity index (χ1n) is 5.98. The van der Waals surface area contributed by atoms with Crippen LogP contribution in [0.4, 0.5) is 0 Å². The van der Waals surface area contributed by atoms with E-state index in [2.05, 4.69) is 10.5 Å². The van der Waals surface area contributed by atoms with Gasteiger partial charge in [-0.2, -0.15) is 0 Å². The van der Waals surface area contributed by atoms with Crippen LogP contribution in [0.1, 0.15) is 23.9 Å². The molecule has 18 heavy (non-hydrogen) atoms. The molecule has 2 heterocycles. The standard InChI is InChI=1S/C12H19N3O3/c1-7-9(8(2)18-15-7)4-14-11(16)12(3)6-17-5-10(12)13/h10H,4-6,13H2,1-3H3,(H,14,16). The normalized spacial score (nSPS) is 27.4. The number of nitrogens with two attached hydrogens (primary N) is 1. The second-order valence-electron chi connectivity index (χ2n) is 5.02. The van der Waals surface area contributed by atoms with Gasteiger partial charge in [-0.3, -0.25) is 4.79 Å². The van der Waals surface area contributed by atoms with Gasteiger partial charge in [0.25, 0.3) is 0 Å². The number of aryl methyl sites for hydroxylation is 2. The van der Waals surface area contributed by atoms with Gasteiger partial charge < -0.3 is 20.3 Å². The van der Waals surface area contributed by atoms with Crippen molar-refractivity contribution in [3.63, 3.8) is 0 Å². The van der Waals surface area contributed by atoms with E-state index < -0.39 is 5.41 Å². The van der Waals surface area contributed by atoms with Crippen LogP contribution in [0.15, 0.2) is 4.52 Å². The van der Waals surface area contributed by atoms with Crippen molar-refractivity contribution in [1.82, 2.24) is 10.5 Å². The van der Waals surface area contributed by atoms with Crippen LogP contribution < -0.4 is 11.1 Å². The Bertz CT molecular complexity index is 438. The zero-order valence-electron chi connectivity index (χ0n) is 10.9. The summed E-state index contributed by atoms with van der Waals surface area (Å²) in [4.78, 5) is 12.2. The lowest BCUT2D eigenvalue weighted by molar-refractivity contribution is -0.130. The van der Waals surface area contributed by atoms with Crippen LogP contribution >= 0.6 is 0 Å². The molecule has 0 radical (unpaired) electrons. The van der Waals surface area contributed by atoms with Gasteiger partial charge in [-0.15, -0.1) is 0 Å². The Morgan fingerprint density at radius 1 is 1.61 bits per heavy atom. The van der Waals surface area contributed by atoms with Gasteiger partial charge in [-0.05, 0) is 20.8 Å². The minimum atomic E-state index is -0.654. The number of aromatic nitrogens is 1. The summed E-state index contributed by atoms with van der Waals surface area (Å²) in [6, 6.07) is -0.262. The van der Waals surface area contributed by atoms with Crippen molar-refractivity contribution in [1.29, 1.82) is 0 Å². The number of hydrogen-bond acceptors (Lipinski definition) is 5. The number of carbonyl (C=O) groups excluding carboxylic acids is 1. The number of amides is 1. The molecule has 3 N–H and O–H groups in total. The molecule has 1 aromatic heterocycles. The molecule has 2 atom stereocenters. The van der Waals surface area contributed by atoms with E-state index in [1.807, 2.05) is 20.8 Å². The van der Waals surface area contributed by atoms with E-state index in [1.165, 1.54) is 0 Å². The molecular formula is C12H19N3O3. The molecule has 1 aliphatic rings. The summed E-state index contributed by atoms with van der Waals surface area (Å²) in [5, 5.41) is 6.73. The summed E-state index contributed by atoms with van der Waals surface area (Å²) in [6.07, 6.45) is 0. The second kappa shape index (κ2) is 4.70. The number of nitrogens with one attached hydrogen (secondary N) is 1. The van der Waals surface area contributed by atoms with Gasteiger partial charge >= 0.3 is 0 Å². The molecule has 0 aliphatic carbocycles. The molecule has 2 rings (SSSR count). The Hall–Kier alpha value is -1.40. The Balaban J connectivity index is 2.01. The molecule has 0 spiro atoms. The van der Waals surface area contributed by atoms with E-state index in [0.29, 0.717) is 19.8 Å². The summed E-state index contributed by atoms with van der Waals surface area (Å²) in [6.45, 7) is 6.70. The Morgan fingerprint density at radius 3 is 2.83 bits per heavy atom. The third-order valence-electron chi connectivity index (χ3n) is 3.64. The molecule has 1 fully saturated rings. The van der Waals surface area contributed by atoms with Gasteiger partial charge in [0.1, 0.15) is 5.76 Å². The second-order valence-corrected chi connectivity index (χ2v) is 5.02. The smallest absolute Gasteiger partial charge is 0.230 e. The van der Waals surface area contributed by atoms with Gasteiger partial charge in [-0.25, -0.2) is 0 Å². The molecule has 0 aromatic carbocycles. The predicted octanol–water partition coefficient (Wildman–Crippen LogP) is 0.271. The predicted molar refractivity (Wildman–Crippen MR) is 64.7 cm³/mol. The van der Waals surface area contributed by atoms with Crippen LogP contribution in [0.25, 0.3) is 0 Å². The van der Waals surface area contributed by atoms with Crippen molar-refractivity contribution >= 4 is 5.91 Å². The zero-order valence-corrected chi connectivity index (χ0v) is 10.9. The van der Waals surface area contributed by atoms with Crippen molar-refractivity contribution in [2.24, 2.45) is 11.1 Å². The monoisotopic (exact) mass is 253 g/mol. The van der Waals surface area contributed by atoms with Gasteiger partial charge in [0, 0.05) is 18.2 Å². The van der Waals surface area contributed by atoms with E-state index >= 15 is 0 Å². The minimum absolute atomic E-state index is 0.0903. The Labute approximate surface area is 106 Å². The molecule has 0 saturated carbocycles. The molecule has 6 heteroatoms. The maximum absolute atomic E-state index is 12.2. The first-order chi connectivity index (χ1) is 8.45. The fourth-order valence-corrected chi connectivity index (χ4v) is 2.05. The lowest BCUT2D eigenvalue weighted by atomic mass is 9.85. The Morgan fingerprint density at radius 2 is 2.33 bits per heavy atom. The quantitative estimate of drug-likeness (QED) is 0.807. The van der Waals surface area contributed by atoms with E-state index in [0.717, 1.165) is 17.0 Å². The van der Waals surface area contributed by atoms with Crippen LogP contribution in [0, 0.1) is 19.3 Å². The minimum Gasteiger partial charge on any atom is -0.379 e. The molecule has 0 bridgehead atoms. The molecular weight excluding hydrogens is 234 g/mol. The zero-order chi connectivity index (χ0) is 13.3. The number of rotatable bonds is 3. The number of hydrogen-bond donors (Lipinski definition) is 2. The van der Waals surface area contributed by atoms with Crippen molar-refractivity contribution in [2.75, 3.05) is 13.2 Å². The van der Waals surface area contributed by atoms with E-state index in [-0.39, 0.29) is 11.9 Å². The number of carbonyl (C=O) groups is 1. The summed E-state index contributed by atoms with van der Waals surface area (Å²) >= 11 is 0. The van der Waals surface area contributed by atoms with Crippen LogP contribution in [0.5, 0.6) is 0 Å². The van der Waals surface area contributed by atoms with Crippen LogP contribution in [-0.4, -0.2) is 30.3 Å². The van der Waals surface area contributed by atoms with Gasteiger partial charge in [0.15, 0.2) is 0 Å². The van der Waals surface area contributed by atoms with Gasteiger partial charge in [0.2, 0.25) is 5.91 Å². The lowest BCUT2D eigenvalue weighted by Gasteiger charge is -2.25. The highest BCUT2D eigenvalue weighted by atomic mass is 16.5. The molecule has 100 valence electrons. The third kappa shape index (κ3) is 2.13. The van der Waals surface area contributed by atoms with E-state index in [9.17, 15) is 4.79 Å². The van der Waals surface area contributed by atoms with Crippen molar-refractivity contribution < 1.29 is 14.1 Å². The fourth-order valence-electron chi connectivity index (χ4n) is 2.05. The number of ether oxygens (including phenoxy) is 1. The van der Waals surface area contributed by atoms with E-state index in [4.69, 9.17) is 15.0 Å². The third-order valence-corrected chi connectivity index (χ3v) is 3.64. The summed E-state index contributed by atoms with van der Waals surface area (Å²) in [5.74, 6) is 0.637. The highest BCUT2D eigenvalue weighted by Gasteiger charge is 2.44. The van der Waals surface area contributed by atoms with Crippen molar-refractivity contribution in [2.45, 2.75) is 33.4 Å². The number of nitrogens with zero attached hydrogens (tertiary/aromatic N) is 1. The highest BCUT2D eigenvalue weighted by Crippen LogP contribution is 2.27. The molecule has 2 unspecified atom stereocenters. The molecule has 1 amide bonds. The summed E-state index contributed by atoms with van der Waals surface area (Å²) < 4.78 is 10.3. The van der Waals surface area contributed by atoms with E-state index in [1.54, 1.807) is 0 Å². The first-order valence-corrected chi connectivity index (χ1v) is 5.98. The largest absolute Gasteiger partial charge is 0.379 e. The first kappa shape index (κ1) is 13.0. The molecule has 1 aromatic rings. The van der Waals surface area contributed by atoms with Crippen molar-refractivity contribution in [3.8, 4) is 0 Å². The topological polar surface area (TPSA) is 90.4 Å². The van der Waals surface area contributed by atoms with Gasteiger partial charge in [-0.1, -0.05) is 5.16 Å². The fraction of sp³-hybridized carbons (Fsp3) is 0.667. The molecule has 1 aliphatic heterocycles. The summed E-state index contributed by atoms with van der Waals surface area (Å²) in [5.41, 5.74) is 6.96. The highest BCUT2D eigenvalue weighted by molar-refractivity contribution is 5.83. The average Bonchev–Trinajstić information content (AvgIpc) is 2.83. The maximum Gasteiger partial charge on any atom is 0.230 e. The van der Waals surface area contributed by atoms with Crippen LogP contribution in [0.3, 0.4) is 0 Å². The molecule has 6 nitrogen and oxygen atoms in total.